The number of aromatic nitrogens is 1. The Morgan fingerprint density at radius 2 is 2.17 bits per heavy atom. The van der Waals surface area contributed by atoms with Crippen molar-refractivity contribution in [1.29, 1.82) is 0 Å². The lowest BCUT2D eigenvalue weighted by Gasteiger charge is -2.03. The van der Waals surface area contributed by atoms with E-state index in [1.165, 1.54) is 29.5 Å². The van der Waals surface area contributed by atoms with Crippen molar-refractivity contribution in [1.82, 2.24) is 4.98 Å². The predicted octanol–water partition coefficient (Wildman–Crippen LogP) is 4.85. The molecular weight excluding hydrogens is 383 g/mol. The van der Waals surface area contributed by atoms with Crippen molar-refractivity contribution in [2.45, 2.75) is 6.92 Å². The number of halogens is 2. The van der Waals surface area contributed by atoms with E-state index >= 15 is 0 Å². The van der Waals surface area contributed by atoms with Crippen LogP contribution in [0.15, 0.2) is 40.9 Å². The summed E-state index contributed by atoms with van der Waals surface area (Å²) in [5.41, 5.74) is 1.13. The number of thiazole rings is 1. The maximum absolute atomic E-state index is 13.1. The Bertz CT molecular complexity index is 882. The van der Waals surface area contributed by atoms with Gasteiger partial charge in [-0.2, -0.15) is 0 Å². The molecule has 1 heterocycles. The third-order valence-corrected chi connectivity index (χ3v) is 4.66. The number of ether oxygens (including phenoxy) is 1. The highest BCUT2D eigenvalue weighted by Crippen LogP contribution is 2.30. The van der Waals surface area contributed by atoms with Crippen molar-refractivity contribution < 1.29 is 13.9 Å². The third-order valence-electron chi connectivity index (χ3n) is 3.07. The predicted molar refractivity (Wildman–Crippen MR) is 92.8 cm³/mol. The zero-order valence-electron chi connectivity index (χ0n) is 12.1. The number of nitrogens with zero attached hydrogens (tertiary/aromatic N) is 1. The topological polar surface area (TPSA) is 51.2 Å². The summed E-state index contributed by atoms with van der Waals surface area (Å²) < 4.78 is 19.9. The van der Waals surface area contributed by atoms with E-state index in [-0.39, 0.29) is 5.91 Å². The summed E-state index contributed by atoms with van der Waals surface area (Å²) in [4.78, 5) is 16.6. The molecule has 1 N–H and O–H groups in total. The van der Waals surface area contributed by atoms with E-state index in [9.17, 15) is 9.18 Å². The number of fused-ring (bicyclic) bond motifs is 1. The normalized spacial score (nSPS) is 10.7. The van der Waals surface area contributed by atoms with Crippen molar-refractivity contribution in [3.63, 3.8) is 0 Å². The van der Waals surface area contributed by atoms with Gasteiger partial charge in [0.1, 0.15) is 11.6 Å². The van der Waals surface area contributed by atoms with E-state index in [0.717, 1.165) is 16.0 Å². The third kappa shape index (κ3) is 3.51. The van der Waals surface area contributed by atoms with Gasteiger partial charge in [0, 0.05) is 4.47 Å². The molecule has 7 heteroatoms. The number of carbonyl (C=O) groups is 1. The van der Waals surface area contributed by atoms with Crippen LogP contribution in [0.4, 0.5) is 9.52 Å². The summed E-state index contributed by atoms with van der Waals surface area (Å²) in [5.74, 6) is 0.0145. The van der Waals surface area contributed by atoms with E-state index < -0.39 is 5.82 Å². The first-order chi connectivity index (χ1) is 11.1. The molecule has 0 fully saturated rings. The van der Waals surface area contributed by atoms with Gasteiger partial charge in [-0.3, -0.25) is 10.1 Å². The van der Waals surface area contributed by atoms with Crippen LogP contribution in [-0.4, -0.2) is 17.5 Å². The number of anilines is 1. The average molecular weight is 395 g/mol. The molecule has 0 saturated carbocycles. The highest BCUT2D eigenvalue weighted by Gasteiger charge is 2.13. The van der Waals surface area contributed by atoms with E-state index in [4.69, 9.17) is 4.74 Å². The summed E-state index contributed by atoms with van der Waals surface area (Å²) in [5, 5.41) is 3.22. The lowest BCUT2D eigenvalue weighted by Crippen LogP contribution is -2.12. The minimum Gasteiger partial charge on any atom is -0.494 e. The first-order valence-electron chi connectivity index (χ1n) is 6.86. The fourth-order valence-corrected chi connectivity index (χ4v) is 3.47. The molecule has 0 radical (unpaired) electrons. The summed E-state index contributed by atoms with van der Waals surface area (Å²) in [6, 6.07) is 9.50. The van der Waals surface area contributed by atoms with Crippen molar-refractivity contribution in [2.24, 2.45) is 0 Å². The largest absolute Gasteiger partial charge is 0.494 e. The zero-order valence-corrected chi connectivity index (χ0v) is 14.5. The van der Waals surface area contributed by atoms with Crippen LogP contribution in [0.25, 0.3) is 10.2 Å². The first-order valence-corrected chi connectivity index (χ1v) is 8.47. The number of nitrogens with one attached hydrogen (secondary N) is 1. The van der Waals surface area contributed by atoms with Crippen LogP contribution in [0.2, 0.25) is 0 Å². The van der Waals surface area contributed by atoms with Crippen molar-refractivity contribution in [3.05, 3.63) is 52.3 Å². The molecule has 4 nitrogen and oxygen atoms in total. The van der Waals surface area contributed by atoms with Crippen molar-refractivity contribution >= 4 is 48.5 Å². The zero-order chi connectivity index (χ0) is 16.4. The van der Waals surface area contributed by atoms with Crippen LogP contribution in [-0.2, 0) is 0 Å². The number of benzene rings is 2. The van der Waals surface area contributed by atoms with Gasteiger partial charge in [-0.15, -0.1) is 0 Å². The van der Waals surface area contributed by atoms with Crippen LogP contribution in [0, 0.1) is 5.82 Å². The van der Waals surface area contributed by atoms with Gasteiger partial charge < -0.3 is 4.74 Å². The van der Waals surface area contributed by atoms with Crippen LogP contribution < -0.4 is 10.1 Å². The van der Waals surface area contributed by atoms with Gasteiger partial charge in [0.2, 0.25) is 0 Å². The smallest absolute Gasteiger partial charge is 0.258 e. The lowest BCUT2D eigenvalue weighted by atomic mass is 10.2. The van der Waals surface area contributed by atoms with Crippen molar-refractivity contribution in [3.8, 4) is 5.75 Å². The number of amides is 1. The summed E-state index contributed by atoms with van der Waals surface area (Å²) in [6.07, 6.45) is 0. The Morgan fingerprint density at radius 3 is 2.91 bits per heavy atom. The number of rotatable bonds is 4. The quantitative estimate of drug-likeness (QED) is 0.687. The van der Waals surface area contributed by atoms with E-state index in [1.54, 1.807) is 0 Å². The van der Waals surface area contributed by atoms with Gasteiger partial charge in [-0.25, -0.2) is 9.37 Å². The first kappa shape index (κ1) is 15.9. The van der Waals surface area contributed by atoms with E-state index in [2.05, 4.69) is 26.2 Å². The SMILES string of the molecule is CCOc1ccc2nc(NC(=O)c3ccc(F)cc3Br)sc2c1. The molecule has 2 aromatic carbocycles. The second-order valence-electron chi connectivity index (χ2n) is 4.66. The molecule has 0 saturated heterocycles. The van der Waals surface area contributed by atoms with Gasteiger partial charge in [-0.05, 0) is 59.3 Å². The number of carbonyl (C=O) groups excluding carboxylic acids is 1. The molecule has 1 aromatic heterocycles. The Balaban J connectivity index is 1.84. The van der Waals surface area contributed by atoms with Gasteiger partial charge >= 0.3 is 0 Å². The summed E-state index contributed by atoms with van der Waals surface area (Å²) >= 11 is 4.55. The van der Waals surface area contributed by atoms with E-state index in [1.807, 2.05) is 25.1 Å². The molecule has 3 rings (SSSR count). The Hall–Kier alpha value is -1.99. The molecule has 0 bridgehead atoms. The van der Waals surface area contributed by atoms with E-state index in [0.29, 0.717) is 21.8 Å². The van der Waals surface area contributed by atoms with Gasteiger partial charge in [0.05, 0.1) is 22.4 Å². The van der Waals surface area contributed by atoms with Crippen LogP contribution in [0.1, 0.15) is 17.3 Å². The summed E-state index contributed by atoms with van der Waals surface area (Å²) in [7, 11) is 0. The molecule has 0 aliphatic heterocycles. The second-order valence-corrected chi connectivity index (χ2v) is 6.54. The van der Waals surface area contributed by atoms with Gasteiger partial charge in [0.25, 0.3) is 5.91 Å². The fourth-order valence-electron chi connectivity index (χ4n) is 2.05. The molecule has 1 amide bonds. The standard InChI is InChI=1S/C16H12BrFN2O2S/c1-2-22-10-4-6-13-14(8-10)23-16(19-13)20-15(21)11-5-3-9(18)7-12(11)17/h3-8H,2H2,1H3,(H,19,20,21). The minimum absolute atomic E-state index is 0.346. The highest BCUT2D eigenvalue weighted by atomic mass is 79.9. The summed E-state index contributed by atoms with van der Waals surface area (Å²) in [6.45, 7) is 2.51. The second kappa shape index (κ2) is 6.64. The van der Waals surface area contributed by atoms with Gasteiger partial charge in [-0.1, -0.05) is 11.3 Å². The maximum Gasteiger partial charge on any atom is 0.258 e. The van der Waals surface area contributed by atoms with Crippen molar-refractivity contribution in [2.75, 3.05) is 11.9 Å². The Kier molecular flexibility index (Phi) is 4.58. The highest BCUT2D eigenvalue weighted by molar-refractivity contribution is 9.10. The Labute approximate surface area is 144 Å². The molecule has 0 unspecified atom stereocenters. The van der Waals surface area contributed by atoms with Crippen LogP contribution >= 0.6 is 27.3 Å². The fraction of sp³-hybridized carbons (Fsp3) is 0.125. The molecule has 0 aliphatic rings. The molecule has 0 atom stereocenters. The molecule has 0 spiro atoms. The number of hydrogen-bond donors (Lipinski definition) is 1. The monoisotopic (exact) mass is 394 g/mol. The Morgan fingerprint density at radius 1 is 1.35 bits per heavy atom. The van der Waals surface area contributed by atoms with Crippen LogP contribution in [0.5, 0.6) is 5.75 Å². The van der Waals surface area contributed by atoms with Crippen LogP contribution in [0.3, 0.4) is 0 Å². The minimum atomic E-state index is -0.406. The average Bonchev–Trinajstić information content (AvgIpc) is 2.88. The molecule has 23 heavy (non-hydrogen) atoms. The molecule has 0 aliphatic carbocycles. The molecular formula is C16H12BrFN2O2S. The molecule has 3 aromatic rings. The number of hydrogen-bond acceptors (Lipinski definition) is 4. The maximum atomic E-state index is 13.1. The lowest BCUT2D eigenvalue weighted by molar-refractivity contribution is 0.102. The molecule has 118 valence electrons. The van der Waals surface area contributed by atoms with Gasteiger partial charge in [0.15, 0.2) is 5.13 Å².